The topological polar surface area (TPSA) is 46.8 Å². The van der Waals surface area contributed by atoms with Gasteiger partial charge >= 0.3 is 0 Å². The molecule has 0 saturated carbocycles. The lowest BCUT2D eigenvalue weighted by Gasteiger charge is -2.17. The van der Waals surface area contributed by atoms with Crippen molar-refractivity contribution in [3.8, 4) is 5.75 Å². The number of benzene rings is 1. The van der Waals surface area contributed by atoms with E-state index >= 15 is 0 Å². The predicted octanol–water partition coefficient (Wildman–Crippen LogP) is 4.32. The number of ether oxygens (including phenoxy) is 1. The fraction of sp³-hybridized carbons (Fsp3) is 0.235. The minimum absolute atomic E-state index is 0.246. The number of imidazole rings is 1. The van der Waals surface area contributed by atoms with Gasteiger partial charge < -0.3 is 9.84 Å². The van der Waals surface area contributed by atoms with E-state index in [1.807, 2.05) is 0 Å². The highest BCUT2D eigenvalue weighted by Gasteiger charge is 2.23. The molecule has 0 aliphatic rings. The first-order chi connectivity index (χ1) is 11.4. The highest BCUT2D eigenvalue weighted by molar-refractivity contribution is 9.10. The Morgan fingerprint density at radius 3 is 2.75 bits per heavy atom. The van der Waals surface area contributed by atoms with Gasteiger partial charge in [0.05, 0.1) is 15.9 Å². The van der Waals surface area contributed by atoms with Crippen molar-refractivity contribution in [3.05, 3.63) is 63.8 Å². The van der Waals surface area contributed by atoms with Crippen molar-refractivity contribution in [1.82, 2.24) is 9.38 Å². The maximum Gasteiger partial charge on any atom is 0.235 e. The summed E-state index contributed by atoms with van der Waals surface area (Å²) >= 11 is 3.13. The van der Waals surface area contributed by atoms with Gasteiger partial charge in [0.25, 0.3) is 0 Å². The van der Waals surface area contributed by atoms with Crippen molar-refractivity contribution in [1.29, 1.82) is 0 Å². The molecule has 0 aliphatic carbocycles. The molecule has 2 atom stereocenters. The standard InChI is InChI=1S/C17H15BrF2N2O2/c1-9-16(22-8-12(18)13(20)7-15(22)21-9)17(23)11-5-3-4-6-14(11)24-10(2)19/h3-8,10,17,23H,1-2H3/t10?,17-/m1/s1. The van der Waals surface area contributed by atoms with Crippen molar-refractivity contribution in [2.45, 2.75) is 26.3 Å². The summed E-state index contributed by atoms with van der Waals surface area (Å²) in [6.45, 7) is 2.99. The highest BCUT2D eigenvalue weighted by atomic mass is 79.9. The molecule has 0 aliphatic heterocycles. The molecule has 2 aromatic heterocycles. The Kier molecular flexibility index (Phi) is 4.56. The van der Waals surface area contributed by atoms with Gasteiger partial charge in [-0.05, 0) is 28.9 Å². The Hall–Kier alpha value is -1.99. The van der Waals surface area contributed by atoms with Gasteiger partial charge in [-0.3, -0.25) is 4.40 Å². The maximum atomic E-state index is 13.7. The minimum Gasteiger partial charge on any atom is -0.460 e. The molecule has 0 fully saturated rings. The Morgan fingerprint density at radius 2 is 2.04 bits per heavy atom. The zero-order chi connectivity index (χ0) is 17.4. The second kappa shape index (κ2) is 6.49. The van der Waals surface area contributed by atoms with Crippen LogP contribution in [-0.4, -0.2) is 20.8 Å². The first kappa shape index (κ1) is 16.9. The van der Waals surface area contributed by atoms with Gasteiger partial charge in [0, 0.05) is 24.8 Å². The van der Waals surface area contributed by atoms with Crippen molar-refractivity contribution in [3.63, 3.8) is 0 Å². The van der Waals surface area contributed by atoms with E-state index in [0.29, 0.717) is 22.6 Å². The molecule has 1 N–H and O–H groups in total. The van der Waals surface area contributed by atoms with E-state index in [0.717, 1.165) is 0 Å². The van der Waals surface area contributed by atoms with E-state index in [-0.39, 0.29) is 10.2 Å². The Bertz CT molecular complexity index is 896. The molecule has 126 valence electrons. The van der Waals surface area contributed by atoms with Crippen molar-refractivity contribution >= 4 is 21.6 Å². The third-order valence-corrected chi connectivity index (χ3v) is 4.23. The van der Waals surface area contributed by atoms with Gasteiger partial charge in [0.1, 0.15) is 23.3 Å². The number of aliphatic hydroxyl groups excluding tert-OH is 1. The summed E-state index contributed by atoms with van der Waals surface area (Å²) in [4.78, 5) is 4.28. The van der Waals surface area contributed by atoms with E-state index < -0.39 is 18.3 Å². The monoisotopic (exact) mass is 396 g/mol. The predicted molar refractivity (Wildman–Crippen MR) is 89.3 cm³/mol. The van der Waals surface area contributed by atoms with E-state index in [4.69, 9.17) is 4.74 Å². The van der Waals surface area contributed by atoms with Crippen LogP contribution >= 0.6 is 15.9 Å². The Labute approximate surface area is 145 Å². The number of pyridine rings is 1. The van der Waals surface area contributed by atoms with Gasteiger partial charge in [-0.2, -0.15) is 0 Å². The quantitative estimate of drug-likeness (QED) is 0.714. The molecule has 24 heavy (non-hydrogen) atoms. The van der Waals surface area contributed by atoms with Crippen LogP contribution in [0.15, 0.2) is 41.0 Å². The first-order valence-corrected chi connectivity index (χ1v) is 8.09. The normalized spacial score (nSPS) is 13.9. The number of halogens is 3. The molecule has 1 aromatic carbocycles. The molecule has 0 saturated heterocycles. The molecule has 0 spiro atoms. The average molecular weight is 397 g/mol. The van der Waals surface area contributed by atoms with E-state index in [2.05, 4.69) is 20.9 Å². The Balaban J connectivity index is 2.14. The van der Waals surface area contributed by atoms with Crippen LogP contribution < -0.4 is 4.74 Å². The molecule has 3 rings (SSSR count). The first-order valence-electron chi connectivity index (χ1n) is 7.29. The fourth-order valence-corrected chi connectivity index (χ4v) is 2.96. The third-order valence-electron chi connectivity index (χ3n) is 3.65. The third kappa shape index (κ3) is 3.01. The summed E-state index contributed by atoms with van der Waals surface area (Å²) in [5.74, 6) is -0.195. The summed E-state index contributed by atoms with van der Waals surface area (Å²) < 4.78 is 33.9. The molecule has 0 bridgehead atoms. The number of nitrogens with zero attached hydrogens (tertiary/aromatic N) is 2. The summed E-state index contributed by atoms with van der Waals surface area (Å²) in [5.41, 5.74) is 1.79. The molecule has 0 radical (unpaired) electrons. The highest BCUT2D eigenvalue weighted by Crippen LogP contribution is 2.33. The summed E-state index contributed by atoms with van der Waals surface area (Å²) in [5, 5.41) is 10.8. The van der Waals surface area contributed by atoms with Crippen LogP contribution in [0.25, 0.3) is 5.65 Å². The zero-order valence-corrected chi connectivity index (χ0v) is 14.6. The van der Waals surface area contributed by atoms with Gasteiger partial charge in [0.15, 0.2) is 0 Å². The van der Waals surface area contributed by atoms with Gasteiger partial charge in [-0.15, -0.1) is 0 Å². The molecule has 3 aromatic rings. The van der Waals surface area contributed by atoms with Crippen LogP contribution in [0.2, 0.25) is 0 Å². The zero-order valence-electron chi connectivity index (χ0n) is 13.0. The smallest absolute Gasteiger partial charge is 0.235 e. The van der Waals surface area contributed by atoms with Crippen molar-refractivity contribution in [2.75, 3.05) is 0 Å². The largest absolute Gasteiger partial charge is 0.460 e. The average Bonchev–Trinajstić information content (AvgIpc) is 2.82. The number of alkyl halides is 1. The number of para-hydroxylation sites is 1. The van der Waals surface area contributed by atoms with Crippen LogP contribution in [0.3, 0.4) is 0 Å². The molecule has 0 amide bonds. The summed E-state index contributed by atoms with van der Waals surface area (Å²) in [6, 6.07) is 7.94. The van der Waals surface area contributed by atoms with Crippen molar-refractivity contribution < 1.29 is 18.6 Å². The fourth-order valence-electron chi connectivity index (χ4n) is 2.64. The van der Waals surface area contributed by atoms with Gasteiger partial charge in [-0.25, -0.2) is 13.8 Å². The van der Waals surface area contributed by atoms with Crippen LogP contribution in [0.1, 0.15) is 30.0 Å². The summed E-state index contributed by atoms with van der Waals surface area (Å²) in [7, 11) is 0. The number of aryl methyl sites for hydroxylation is 1. The van der Waals surface area contributed by atoms with Crippen LogP contribution in [-0.2, 0) is 0 Å². The lowest BCUT2D eigenvalue weighted by Crippen LogP contribution is -2.11. The Morgan fingerprint density at radius 1 is 1.33 bits per heavy atom. The molecule has 7 heteroatoms. The number of hydrogen-bond donors (Lipinski definition) is 1. The van der Waals surface area contributed by atoms with Crippen molar-refractivity contribution in [2.24, 2.45) is 0 Å². The second-order valence-electron chi connectivity index (χ2n) is 5.38. The molecule has 4 nitrogen and oxygen atoms in total. The lowest BCUT2D eigenvalue weighted by atomic mass is 10.0. The van der Waals surface area contributed by atoms with E-state index in [1.165, 1.54) is 19.2 Å². The van der Waals surface area contributed by atoms with E-state index in [9.17, 15) is 13.9 Å². The van der Waals surface area contributed by atoms with Crippen LogP contribution in [0.5, 0.6) is 5.75 Å². The number of rotatable bonds is 4. The lowest BCUT2D eigenvalue weighted by molar-refractivity contribution is 0.0815. The number of aromatic nitrogens is 2. The SMILES string of the molecule is Cc1nc2cc(F)c(Br)cn2c1[C@H](O)c1ccccc1OC(C)F. The molecular weight excluding hydrogens is 382 g/mol. The molecule has 2 heterocycles. The van der Waals surface area contributed by atoms with Crippen LogP contribution in [0.4, 0.5) is 8.78 Å². The van der Waals surface area contributed by atoms with Crippen LogP contribution in [0, 0.1) is 12.7 Å². The second-order valence-corrected chi connectivity index (χ2v) is 6.24. The molecular formula is C17H15BrF2N2O2. The van der Waals surface area contributed by atoms with Gasteiger partial charge in [-0.1, -0.05) is 18.2 Å². The van der Waals surface area contributed by atoms with E-state index in [1.54, 1.807) is 35.6 Å². The maximum absolute atomic E-state index is 13.7. The molecule has 1 unspecified atom stereocenters. The number of hydrogen-bond acceptors (Lipinski definition) is 3. The minimum atomic E-state index is -1.51. The summed E-state index contributed by atoms with van der Waals surface area (Å²) in [6.07, 6.45) is -1.11. The van der Waals surface area contributed by atoms with Gasteiger partial charge in [0.2, 0.25) is 6.36 Å². The number of fused-ring (bicyclic) bond motifs is 1. The number of aliphatic hydroxyl groups is 1.